The number of fused-ring (bicyclic) bond motifs is 1. The summed E-state index contributed by atoms with van der Waals surface area (Å²) in [6, 6.07) is 16.8. The molecule has 0 aliphatic heterocycles. The van der Waals surface area contributed by atoms with Crippen LogP contribution in [0.3, 0.4) is 0 Å². The Balaban J connectivity index is 1.77. The van der Waals surface area contributed by atoms with E-state index >= 15 is 0 Å². The molecule has 2 heterocycles. The van der Waals surface area contributed by atoms with Crippen LogP contribution >= 0.6 is 0 Å². The molecule has 0 saturated carbocycles. The van der Waals surface area contributed by atoms with Gasteiger partial charge in [0.15, 0.2) is 11.6 Å². The van der Waals surface area contributed by atoms with Crippen molar-refractivity contribution >= 4 is 10.9 Å². The number of nitrogens with zero attached hydrogens (tertiary/aromatic N) is 2. The largest absolute Gasteiger partial charge is 0.463 e. The first-order chi connectivity index (χ1) is 12.7. The van der Waals surface area contributed by atoms with Crippen LogP contribution in [0, 0.1) is 5.82 Å². The summed E-state index contributed by atoms with van der Waals surface area (Å²) in [6.45, 7) is 1.12. The van der Waals surface area contributed by atoms with Crippen molar-refractivity contribution in [2.45, 2.75) is 13.1 Å². The van der Waals surface area contributed by atoms with Gasteiger partial charge < -0.3 is 9.73 Å². The number of nitrogens with two attached hydrogens (primary N) is 1. The van der Waals surface area contributed by atoms with Crippen LogP contribution in [0.1, 0.15) is 11.6 Å². The molecule has 0 bridgehead atoms. The van der Waals surface area contributed by atoms with E-state index in [2.05, 4.69) is 4.98 Å². The Hall–Kier alpha value is -3.25. The number of aromatic nitrogens is 2. The van der Waals surface area contributed by atoms with E-state index in [1.165, 1.54) is 12.1 Å². The van der Waals surface area contributed by atoms with Crippen molar-refractivity contribution in [2.75, 3.05) is 0 Å². The van der Waals surface area contributed by atoms with Crippen molar-refractivity contribution in [3.8, 4) is 5.69 Å². The maximum atomic E-state index is 13.3. The number of furan rings is 1. The third kappa shape index (κ3) is 3.14. The SMILES string of the molecule is O=c1c2ccccc2nc(C[NH2+]Cc2ccco2)n1-c1ccc(F)cc1. The van der Waals surface area contributed by atoms with Crippen molar-refractivity contribution in [1.82, 2.24) is 9.55 Å². The molecule has 26 heavy (non-hydrogen) atoms. The molecule has 2 N–H and O–H groups in total. The standard InChI is InChI=1S/C20H16FN3O2/c21-14-7-9-15(10-8-14)24-19(13-22-12-16-4-3-11-26-16)23-18-6-2-1-5-17(18)20(24)25/h1-11,22H,12-13H2/p+1. The van der Waals surface area contributed by atoms with Crippen molar-refractivity contribution in [2.24, 2.45) is 0 Å². The monoisotopic (exact) mass is 350 g/mol. The highest BCUT2D eigenvalue weighted by Gasteiger charge is 2.14. The molecule has 5 nitrogen and oxygen atoms in total. The predicted octanol–water partition coefficient (Wildman–Crippen LogP) is 2.38. The molecule has 130 valence electrons. The molecule has 0 radical (unpaired) electrons. The van der Waals surface area contributed by atoms with E-state index in [4.69, 9.17) is 4.42 Å². The average Bonchev–Trinajstić information content (AvgIpc) is 3.17. The summed E-state index contributed by atoms with van der Waals surface area (Å²) in [4.78, 5) is 17.7. The summed E-state index contributed by atoms with van der Waals surface area (Å²) >= 11 is 0. The van der Waals surface area contributed by atoms with Gasteiger partial charge in [-0.05, 0) is 48.5 Å². The fourth-order valence-corrected chi connectivity index (χ4v) is 2.94. The summed E-state index contributed by atoms with van der Waals surface area (Å²) in [5.41, 5.74) is 1.08. The first-order valence-corrected chi connectivity index (χ1v) is 8.33. The molecule has 0 unspecified atom stereocenters. The first-order valence-electron chi connectivity index (χ1n) is 8.33. The third-order valence-corrected chi connectivity index (χ3v) is 4.18. The van der Waals surface area contributed by atoms with E-state index < -0.39 is 0 Å². The van der Waals surface area contributed by atoms with E-state index in [9.17, 15) is 9.18 Å². The van der Waals surface area contributed by atoms with E-state index in [1.54, 1.807) is 29.0 Å². The quantitative estimate of drug-likeness (QED) is 0.601. The fourth-order valence-electron chi connectivity index (χ4n) is 2.94. The molecular formula is C20H17FN3O2+. The Kier molecular flexibility index (Phi) is 4.33. The Bertz CT molecular complexity index is 1090. The Morgan fingerprint density at radius 2 is 1.81 bits per heavy atom. The third-order valence-electron chi connectivity index (χ3n) is 4.18. The molecule has 0 fully saturated rings. The lowest BCUT2D eigenvalue weighted by atomic mass is 10.2. The number of hydrogen-bond acceptors (Lipinski definition) is 3. The van der Waals surface area contributed by atoms with Gasteiger partial charge in [-0.1, -0.05) is 12.1 Å². The first kappa shape index (κ1) is 16.2. The number of halogens is 1. The van der Waals surface area contributed by atoms with Crippen LogP contribution in [-0.2, 0) is 13.1 Å². The maximum Gasteiger partial charge on any atom is 0.266 e. The van der Waals surface area contributed by atoms with Gasteiger partial charge >= 0.3 is 0 Å². The van der Waals surface area contributed by atoms with Crippen molar-refractivity contribution in [1.29, 1.82) is 0 Å². The molecular weight excluding hydrogens is 333 g/mol. The van der Waals surface area contributed by atoms with Gasteiger partial charge in [-0.2, -0.15) is 0 Å². The van der Waals surface area contributed by atoms with Crippen LogP contribution in [0.15, 0.2) is 76.1 Å². The second-order valence-electron chi connectivity index (χ2n) is 5.94. The zero-order valence-electron chi connectivity index (χ0n) is 13.9. The molecule has 4 aromatic rings. The summed E-state index contributed by atoms with van der Waals surface area (Å²) in [6.07, 6.45) is 1.63. The van der Waals surface area contributed by atoms with Crippen LogP contribution in [0.25, 0.3) is 16.6 Å². The van der Waals surface area contributed by atoms with Gasteiger partial charge in [-0.3, -0.25) is 9.36 Å². The maximum absolute atomic E-state index is 13.3. The zero-order chi connectivity index (χ0) is 17.9. The van der Waals surface area contributed by atoms with Gasteiger partial charge in [-0.25, -0.2) is 9.37 Å². The number of para-hydroxylation sites is 1. The Morgan fingerprint density at radius 3 is 2.58 bits per heavy atom. The smallest absolute Gasteiger partial charge is 0.266 e. The molecule has 4 rings (SSSR count). The Morgan fingerprint density at radius 1 is 1.00 bits per heavy atom. The number of hydrogen-bond donors (Lipinski definition) is 1. The summed E-state index contributed by atoms with van der Waals surface area (Å²) in [7, 11) is 0. The summed E-state index contributed by atoms with van der Waals surface area (Å²) in [5, 5.41) is 2.54. The van der Waals surface area contributed by atoms with E-state index in [-0.39, 0.29) is 11.4 Å². The predicted molar refractivity (Wildman–Crippen MR) is 95.3 cm³/mol. The molecule has 2 aromatic heterocycles. The lowest BCUT2D eigenvalue weighted by molar-refractivity contribution is -0.689. The average molecular weight is 350 g/mol. The number of rotatable bonds is 5. The van der Waals surface area contributed by atoms with Gasteiger partial charge in [0.05, 0.1) is 22.9 Å². The normalized spacial score (nSPS) is 11.1. The van der Waals surface area contributed by atoms with E-state index in [0.717, 1.165) is 5.76 Å². The van der Waals surface area contributed by atoms with Gasteiger partial charge in [0.1, 0.15) is 18.9 Å². The van der Waals surface area contributed by atoms with Crippen molar-refractivity contribution in [3.05, 3.63) is 94.7 Å². The van der Waals surface area contributed by atoms with Crippen LogP contribution in [0.2, 0.25) is 0 Å². The van der Waals surface area contributed by atoms with Gasteiger partial charge in [0.2, 0.25) is 0 Å². The molecule has 2 aromatic carbocycles. The minimum Gasteiger partial charge on any atom is -0.463 e. The molecule has 0 aliphatic carbocycles. The van der Waals surface area contributed by atoms with E-state index in [1.807, 2.05) is 35.6 Å². The minimum atomic E-state index is -0.346. The molecule has 6 heteroatoms. The number of benzene rings is 2. The van der Waals surface area contributed by atoms with Gasteiger partial charge in [0.25, 0.3) is 5.56 Å². The highest BCUT2D eigenvalue weighted by atomic mass is 19.1. The Labute approximate surface area is 148 Å². The highest BCUT2D eigenvalue weighted by Crippen LogP contribution is 2.13. The minimum absolute atomic E-state index is 0.163. The highest BCUT2D eigenvalue weighted by molar-refractivity contribution is 5.77. The van der Waals surface area contributed by atoms with Crippen molar-refractivity contribution < 1.29 is 14.1 Å². The van der Waals surface area contributed by atoms with Crippen LogP contribution in [0.4, 0.5) is 4.39 Å². The molecule has 0 atom stereocenters. The van der Waals surface area contributed by atoms with E-state index in [0.29, 0.717) is 35.5 Å². The van der Waals surface area contributed by atoms with Crippen LogP contribution in [-0.4, -0.2) is 9.55 Å². The molecule has 0 aliphatic rings. The van der Waals surface area contributed by atoms with Crippen LogP contribution in [0.5, 0.6) is 0 Å². The summed E-state index contributed by atoms with van der Waals surface area (Å²) < 4.78 is 20.2. The molecule has 0 saturated heterocycles. The lowest BCUT2D eigenvalue weighted by Gasteiger charge is -2.12. The molecule has 0 spiro atoms. The molecule has 0 amide bonds. The van der Waals surface area contributed by atoms with Gasteiger partial charge in [0, 0.05) is 0 Å². The topological polar surface area (TPSA) is 64.6 Å². The fraction of sp³-hybridized carbons (Fsp3) is 0.100. The van der Waals surface area contributed by atoms with Gasteiger partial charge in [-0.15, -0.1) is 0 Å². The second kappa shape index (κ2) is 6.93. The van der Waals surface area contributed by atoms with Crippen LogP contribution < -0.4 is 10.9 Å². The summed E-state index contributed by atoms with van der Waals surface area (Å²) in [5.74, 6) is 1.11. The number of quaternary nitrogens is 1. The van der Waals surface area contributed by atoms with Crippen molar-refractivity contribution in [3.63, 3.8) is 0 Å². The zero-order valence-corrected chi connectivity index (χ0v) is 13.9. The lowest BCUT2D eigenvalue weighted by Crippen LogP contribution is -2.81. The second-order valence-corrected chi connectivity index (χ2v) is 5.94.